The first-order chi connectivity index (χ1) is 12.2. The SMILES string of the molecule is O=[N+]([O-])CC(c1ncco1)c1c(-c2ccccc2)[nH]c2ccccc12. The average Bonchev–Trinajstić information content (AvgIpc) is 3.28. The lowest BCUT2D eigenvalue weighted by atomic mass is 9.93. The van der Waals surface area contributed by atoms with Crippen molar-refractivity contribution in [1.82, 2.24) is 9.97 Å². The van der Waals surface area contributed by atoms with E-state index in [1.807, 2.05) is 54.6 Å². The molecule has 1 N–H and O–H groups in total. The number of para-hydroxylation sites is 1. The first-order valence-corrected chi connectivity index (χ1v) is 7.91. The highest BCUT2D eigenvalue weighted by Gasteiger charge is 2.30. The summed E-state index contributed by atoms with van der Waals surface area (Å²) >= 11 is 0. The lowest BCUT2D eigenvalue weighted by Gasteiger charge is -2.12. The van der Waals surface area contributed by atoms with Crippen molar-refractivity contribution in [3.05, 3.63) is 88.6 Å². The van der Waals surface area contributed by atoms with Crippen molar-refractivity contribution in [3.8, 4) is 11.3 Å². The quantitative estimate of drug-likeness (QED) is 0.437. The van der Waals surface area contributed by atoms with E-state index in [0.717, 1.165) is 27.7 Å². The van der Waals surface area contributed by atoms with Crippen LogP contribution in [0.1, 0.15) is 17.4 Å². The fourth-order valence-corrected chi connectivity index (χ4v) is 3.21. The van der Waals surface area contributed by atoms with Crippen LogP contribution in [0.3, 0.4) is 0 Å². The molecule has 4 rings (SSSR count). The van der Waals surface area contributed by atoms with Gasteiger partial charge in [0.15, 0.2) is 0 Å². The van der Waals surface area contributed by atoms with E-state index in [2.05, 4.69) is 9.97 Å². The van der Waals surface area contributed by atoms with Gasteiger partial charge in [0.2, 0.25) is 12.4 Å². The summed E-state index contributed by atoms with van der Waals surface area (Å²) in [6.45, 7) is -0.289. The Labute approximate surface area is 143 Å². The summed E-state index contributed by atoms with van der Waals surface area (Å²) in [5.41, 5.74) is 3.58. The minimum absolute atomic E-state index is 0.289. The Morgan fingerprint density at radius 2 is 1.88 bits per heavy atom. The molecule has 1 unspecified atom stereocenters. The van der Waals surface area contributed by atoms with E-state index in [4.69, 9.17) is 4.42 Å². The summed E-state index contributed by atoms with van der Waals surface area (Å²) in [5.74, 6) is -0.227. The molecule has 2 heterocycles. The molecule has 25 heavy (non-hydrogen) atoms. The van der Waals surface area contributed by atoms with Crippen molar-refractivity contribution >= 4 is 10.9 Å². The van der Waals surface area contributed by atoms with E-state index < -0.39 is 5.92 Å². The molecule has 124 valence electrons. The second kappa shape index (κ2) is 6.24. The van der Waals surface area contributed by atoms with Crippen molar-refractivity contribution in [1.29, 1.82) is 0 Å². The Hall–Kier alpha value is -3.41. The highest BCUT2D eigenvalue weighted by molar-refractivity contribution is 5.91. The lowest BCUT2D eigenvalue weighted by Crippen LogP contribution is -2.15. The maximum atomic E-state index is 11.3. The van der Waals surface area contributed by atoms with Gasteiger partial charge in [0, 0.05) is 21.4 Å². The molecule has 0 saturated heterocycles. The van der Waals surface area contributed by atoms with Gasteiger partial charge in [-0.25, -0.2) is 4.98 Å². The largest absolute Gasteiger partial charge is 0.448 e. The van der Waals surface area contributed by atoms with Gasteiger partial charge in [-0.1, -0.05) is 48.5 Å². The monoisotopic (exact) mass is 333 g/mol. The Morgan fingerprint density at radius 1 is 1.12 bits per heavy atom. The van der Waals surface area contributed by atoms with Gasteiger partial charge in [-0.15, -0.1) is 0 Å². The molecule has 0 bridgehead atoms. The van der Waals surface area contributed by atoms with Gasteiger partial charge in [0.1, 0.15) is 12.2 Å². The highest BCUT2D eigenvalue weighted by Crippen LogP contribution is 2.38. The zero-order valence-corrected chi connectivity index (χ0v) is 13.3. The third kappa shape index (κ3) is 2.78. The zero-order valence-electron chi connectivity index (χ0n) is 13.3. The molecule has 0 aliphatic heterocycles. The first kappa shape index (κ1) is 15.1. The van der Waals surface area contributed by atoms with Crippen LogP contribution in [0.25, 0.3) is 22.2 Å². The van der Waals surface area contributed by atoms with Crippen molar-refractivity contribution in [3.63, 3.8) is 0 Å². The number of benzene rings is 2. The van der Waals surface area contributed by atoms with Gasteiger partial charge in [0.25, 0.3) is 0 Å². The number of nitrogens with zero attached hydrogens (tertiary/aromatic N) is 2. The zero-order chi connectivity index (χ0) is 17.2. The number of nitrogens with one attached hydrogen (secondary N) is 1. The molecule has 4 aromatic rings. The summed E-state index contributed by atoms with van der Waals surface area (Å²) < 4.78 is 5.43. The van der Waals surface area contributed by atoms with Crippen molar-refractivity contribution in [2.45, 2.75) is 5.92 Å². The van der Waals surface area contributed by atoms with Gasteiger partial charge < -0.3 is 9.40 Å². The Kier molecular flexibility index (Phi) is 3.78. The second-order valence-electron chi connectivity index (χ2n) is 5.76. The molecule has 0 saturated carbocycles. The van der Waals surface area contributed by atoms with E-state index in [1.54, 1.807) is 0 Å². The molecule has 2 aromatic carbocycles. The fourth-order valence-electron chi connectivity index (χ4n) is 3.21. The number of aromatic nitrogens is 2. The normalized spacial score (nSPS) is 12.3. The summed E-state index contributed by atoms with van der Waals surface area (Å²) in [7, 11) is 0. The van der Waals surface area contributed by atoms with Crippen LogP contribution in [0, 0.1) is 10.1 Å². The molecule has 0 amide bonds. The molecule has 2 aromatic heterocycles. The third-order valence-electron chi connectivity index (χ3n) is 4.24. The summed E-state index contributed by atoms with van der Waals surface area (Å²) in [6, 6.07) is 17.6. The van der Waals surface area contributed by atoms with Crippen LogP contribution in [0.15, 0.2) is 71.5 Å². The minimum Gasteiger partial charge on any atom is -0.448 e. The number of hydrogen-bond acceptors (Lipinski definition) is 4. The number of rotatable bonds is 5. The van der Waals surface area contributed by atoms with Gasteiger partial charge in [-0.3, -0.25) is 10.1 Å². The van der Waals surface area contributed by atoms with Crippen LogP contribution in [0.5, 0.6) is 0 Å². The number of hydrogen-bond donors (Lipinski definition) is 1. The molecular weight excluding hydrogens is 318 g/mol. The predicted molar refractivity (Wildman–Crippen MR) is 93.9 cm³/mol. The van der Waals surface area contributed by atoms with Crippen LogP contribution in [0.4, 0.5) is 0 Å². The van der Waals surface area contributed by atoms with E-state index in [1.165, 1.54) is 12.5 Å². The third-order valence-corrected chi connectivity index (χ3v) is 4.24. The highest BCUT2D eigenvalue weighted by atomic mass is 16.6. The van der Waals surface area contributed by atoms with E-state index in [9.17, 15) is 10.1 Å². The molecular formula is C19H15N3O3. The summed E-state index contributed by atoms with van der Waals surface area (Å²) in [6.07, 6.45) is 2.96. The number of fused-ring (bicyclic) bond motifs is 1. The van der Waals surface area contributed by atoms with Gasteiger partial charge >= 0.3 is 0 Å². The topological polar surface area (TPSA) is 85.0 Å². The number of aromatic amines is 1. The van der Waals surface area contributed by atoms with Crippen LogP contribution in [-0.2, 0) is 0 Å². The van der Waals surface area contributed by atoms with Crippen LogP contribution in [0.2, 0.25) is 0 Å². The number of oxazole rings is 1. The molecule has 6 nitrogen and oxygen atoms in total. The Bertz CT molecular complexity index is 1010. The van der Waals surface area contributed by atoms with Gasteiger partial charge in [0.05, 0.1) is 11.9 Å². The lowest BCUT2D eigenvalue weighted by molar-refractivity contribution is -0.482. The molecule has 1 atom stereocenters. The predicted octanol–water partition coefficient (Wildman–Crippen LogP) is 4.23. The molecule has 0 aliphatic rings. The molecule has 0 spiro atoms. The summed E-state index contributed by atoms with van der Waals surface area (Å²) in [4.78, 5) is 18.6. The van der Waals surface area contributed by atoms with Gasteiger partial charge in [-0.05, 0) is 11.6 Å². The molecule has 0 aliphatic carbocycles. The fraction of sp³-hybridized carbons (Fsp3) is 0.105. The molecule has 0 radical (unpaired) electrons. The molecule has 0 fully saturated rings. The second-order valence-corrected chi connectivity index (χ2v) is 5.76. The van der Waals surface area contributed by atoms with Crippen LogP contribution in [-0.4, -0.2) is 21.4 Å². The van der Waals surface area contributed by atoms with Crippen molar-refractivity contribution in [2.75, 3.05) is 6.54 Å². The average molecular weight is 333 g/mol. The van der Waals surface area contributed by atoms with E-state index in [0.29, 0.717) is 5.89 Å². The van der Waals surface area contributed by atoms with E-state index in [-0.39, 0.29) is 11.5 Å². The smallest absolute Gasteiger partial charge is 0.219 e. The van der Waals surface area contributed by atoms with E-state index >= 15 is 0 Å². The van der Waals surface area contributed by atoms with Crippen molar-refractivity contribution in [2.24, 2.45) is 0 Å². The Balaban J connectivity index is 1.99. The van der Waals surface area contributed by atoms with Crippen LogP contribution < -0.4 is 0 Å². The minimum atomic E-state index is -0.573. The number of nitro groups is 1. The Morgan fingerprint density at radius 3 is 2.60 bits per heavy atom. The molecule has 6 heteroatoms. The first-order valence-electron chi connectivity index (χ1n) is 7.91. The summed E-state index contributed by atoms with van der Waals surface area (Å²) in [5, 5.41) is 12.2. The van der Waals surface area contributed by atoms with Crippen molar-refractivity contribution < 1.29 is 9.34 Å². The maximum Gasteiger partial charge on any atom is 0.219 e. The number of H-pyrrole nitrogens is 1. The van der Waals surface area contributed by atoms with Gasteiger partial charge in [-0.2, -0.15) is 0 Å². The maximum absolute atomic E-state index is 11.3. The standard InChI is InChI=1S/C19H15N3O3/c23-22(24)12-15(19-20-10-11-25-19)17-14-8-4-5-9-16(14)21-18(17)13-6-2-1-3-7-13/h1-11,15,21H,12H2. The van der Waals surface area contributed by atoms with Crippen LogP contribution >= 0.6 is 0 Å².